The Morgan fingerprint density at radius 1 is 0.844 bits per heavy atom. The van der Waals surface area contributed by atoms with Gasteiger partial charge in [0.15, 0.2) is 0 Å². The highest BCUT2D eigenvalue weighted by atomic mass is 16.5. The first kappa shape index (κ1) is 21.1. The normalized spacial score (nSPS) is 11.6. The summed E-state index contributed by atoms with van der Waals surface area (Å²) in [4.78, 5) is 26.4. The van der Waals surface area contributed by atoms with Crippen molar-refractivity contribution in [2.24, 2.45) is 0 Å². The summed E-state index contributed by atoms with van der Waals surface area (Å²) in [7, 11) is 1.54. The number of hydrogen-bond donors (Lipinski definition) is 1. The van der Waals surface area contributed by atoms with E-state index in [0.717, 1.165) is 16.3 Å². The molecule has 0 aromatic heterocycles. The number of anilines is 1. The molecule has 0 aliphatic rings. The molecule has 0 fully saturated rings. The van der Waals surface area contributed by atoms with E-state index in [1.165, 1.54) is 7.11 Å². The van der Waals surface area contributed by atoms with Crippen LogP contribution in [-0.2, 0) is 9.53 Å². The molecule has 0 radical (unpaired) electrons. The Morgan fingerprint density at radius 2 is 1.56 bits per heavy atom. The third-order valence-electron chi connectivity index (χ3n) is 5.19. The van der Waals surface area contributed by atoms with E-state index in [2.05, 4.69) is 5.32 Å². The van der Waals surface area contributed by atoms with Gasteiger partial charge in [-0.3, -0.25) is 4.79 Å². The van der Waals surface area contributed by atoms with E-state index in [-0.39, 0.29) is 0 Å². The largest absolute Gasteiger partial charge is 0.495 e. The van der Waals surface area contributed by atoms with Crippen molar-refractivity contribution in [2.75, 3.05) is 12.4 Å². The zero-order valence-electron chi connectivity index (χ0n) is 17.9. The number of hydrogen-bond acceptors (Lipinski definition) is 4. The van der Waals surface area contributed by atoms with Gasteiger partial charge < -0.3 is 14.8 Å². The highest BCUT2D eigenvalue weighted by Crippen LogP contribution is 2.29. The molecule has 160 valence electrons. The molecule has 1 atom stereocenters. The van der Waals surface area contributed by atoms with E-state index in [1.54, 1.807) is 42.5 Å². The lowest BCUT2D eigenvalue weighted by Gasteiger charge is -2.19. The summed E-state index contributed by atoms with van der Waals surface area (Å²) in [6.45, 7) is 1.92. The second-order valence-electron chi connectivity index (χ2n) is 7.42. The van der Waals surface area contributed by atoms with Gasteiger partial charge in [0.05, 0.1) is 18.4 Å². The average molecular weight is 425 g/mol. The van der Waals surface area contributed by atoms with Crippen molar-refractivity contribution in [1.82, 2.24) is 0 Å². The van der Waals surface area contributed by atoms with E-state index >= 15 is 0 Å². The Labute approximate surface area is 186 Å². The summed E-state index contributed by atoms with van der Waals surface area (Å²) in [6.07, 6.45) is -1.13. The summed E-state index contributed by atoms with van der Waals surface area (Å²) >= 11 is 0. The molecule has 4 aromatic carbocycles. The second-order valence-corrected chi connectivity index (χ2v) is 7.42. The van der Waals surface area contributed by atoms with Crippen molar-refractivity contribution in [3.8, 4) is 5.75 Å². The molecule has 5 nitrogen and oxygen atoms in total. The maximum Gasteiger partial charge on any atom is 0.339 e. The summed E-state index contributed by atoms with van der Waals surface area (Å²) in [5.74, 6) is -0.508. The standard InChI is InChI=1S/C27H23NO4/c1-18-15-16-24(31-2)23(17-18)28-26(29)25(20-10-4-3-5-11-20)32-27(30)22-14-8-12-19-9-6-7-13-21(19)22/h3-17,25H,1-2H3,(H,28,29)/t25-/m0/s1. The van der Waals surface area contributed by atoms with Crippen molar-refractivity contribution in [2.45, 2.75) is 13.0 Å². The van der Waals surface area contributed by atoms with E-state index in [0.29, 0.717) is 22.6 Å². The topological polar surface area (TPSA) is 64.6 Å². The molecule has 0 saturated heterocycles. The third kappa shape index (κ3) is 4.47. The van der Waals surface area contributed by atoms with Crippen molar-refractivity contribution >= 4 is 28.3 Å². The van der Waals surface area contributed by atoms with Crippen LogP contribution in [0.2, 0.25) is 0 Å². The first-order valence-electron chi connectivity index (χ1n) is 10.3. The van der Waals surface area contributed by atoms with E-state index in [1.807, 2.05) is 55.5 Å². The predicted molar refractivity (Wildman–Crippen MR) is 125 cm³/mol. The first-order valence-corrected chi connectivity index (χ1v) is 10.3. The molecule has 0 saturated carbocycles. The number of aryl methyl sites for hydroxylation is 1. The zero-order valence-corrected chi connectivity index (χ0v) is 17.9. The fourth-order valence-electron chi connectivity index (χ4n) is 3.59. The smallest absolute Gasteiger partial charge is 0.339 e. The van der Waals surface area contributed by atoms with Crippen LogP contribution in [0, 0.1) is 6.92 Å². The maximum atomic E-state index is 13.3. The monoisotopic (exact) mass is 425 g/mol. The highest BCUT2D eigenvalue weighted by Gasteiger charge is 2.27. The fraction of sp³-hybridized carbons (Fsp3) is 0.111. The maximum absolute atomic E-state index is 13.3. The second kappa shape index (κ2) is 9.35. The Morgan fingerprint density at radius 3 is 2.34 bits per heavy atom. The number of rotatable bonds is 6. The van der Waals surface area contributed by atoms with Crippen molar-refractivity contribution in [3.05, 3.63) is 108 Å². The van der Waals surface area contributed by atoms with Gasteiger partial charge in [0.25, 0.3) is 5.91 Å². The van der Waals surface area contributed by atoms with E-state index < -0.39 is 18.0 Å². The predicted octanol–water partition coefficient (Wildman–Crippen LogP) is 5.69. The molecule has 1 amide bonds. The van der Waals surface area contributed by atoms with E-state index in [4.69, 9.17) is 9.47 Å². The van der Waals surface area contributed by atoms with Crippen LogP contribution in [0.5, 0.6) is 5.75 Å². The van der Waals surface area contributed by atoms with Gasteiger partial charge in [-0.2, -0.15) is 0 Å². The van der Waals surface area contributed by atoms with Gasteiger partial charge in [-0.1, -0.05) is 72.8 Å². The summed E-state index contributed by atoms with van der Waals surface area (Å²) in [6, 6.07) is 27.4. The van der Waals surface area contributed by atoms with Gasteiger partial charge in [-0.25, -0.2) is 4.79 Å². The molecular formula is C27H23NO4. The summed E-state index contributed by atoms with van der Waals surface area (Å²) < 4.78 is 11.1. The molecule has 5 heteroatoms. The molecule has 1 N–H and O–H groups in total. The number of amides is 1. The lowest BCUT2D eigenvalue weighted by atomic mass is 10.0. The Hall–Kier alpha value is -4.12. The number of ether oxygens (including phenoxy) is 2. The van der Waals surface area contributed by atoms with Crippen LogP contribution in [0.15, 0.2) is 91.0 Å². The van der Waals surface area contributed by atoms with Crippen molar-refractivity contribution < 1.29 is 19.1 Å². The molecule has 0 bridgehead atoms. The van der Waals surface area contributed by atoms with Gasteiger partial charge in [0, 0.05) is 5.56 Å². The number of esters is 1. The number of nitrogens with one attached hydrogen (secondary N) is 1. The highest BCUT2D eigenvalue weighted by molar-refractivity contribution is 6.06. The van der Waals surface area contributed by atoms with Gasteiger partial charge in [0.1, 0.15) is 5.75 Å². The van der Waals surface area contributed by atoms with Crippen LogP contribution in [0.3, 0.4) is 0 Å². The van der Waals surface area contributed by atoms with Crippen LogP contribution < -0.4 is 10.1 Å². The summed E-state index contributed by atoms with van der Waals surface area (Å²) in [5.41, 5.74) is 2.46. The van der Waals surface area contributed by atoms with Crippen molar-refractivity contribution in [3.63, 3.8) is 0 Å². The lowest BCUT2D eigenvalue weighted by Crippen LogP contribution is -2.26. The zero-order chi connectivity index (χ0) is 22.5. The average Bonchev–Trinajstić information content (AvgIpc) is 2.82. The first-order chi connectivity index (χ1) is 15.6. The number of benzene rings is 4. The molecule has 0 aliphatic heterocycles. The minimum absolute atomic E-state index is 0.407. The van der Waals surface area contributed by atoms with Crippen LogP contribution >= 0.6 is 0 Å². The summed E-state index contributed by atoms with van der Waals surface area (Å²) in [5, 5.41) is 4.55. The number of fused-ring (bicyclic) bond motifs is 1. The molecule has 0 aliphatic carbocycles. The molecule has 4 aromatic rings. The number of carbonyl (C=O) groups is 2. The molecule has 0 spiro atoms. The van der Waals surface area contributed by atoms with Crippen LogP contribution in [0.25, 0.3) is 10.8 Å². The number of methoxy groups -OCH3 is 1. The third-order valence-corrected chi connectivity index (χ3v) is 5.19. The minimum atomic E-state index is -1.13. The van der Waals surface area contributed by atoms with Gasteiger partial charge in [-0.15, -0.1) is 0 Å². The number of carbonyl (C=O) groups excluding carboxylic acids is 2. The SMILES string of the molecule is COc1ccc(C)cc1NC(=O)[C@@H](OC(=O)c1cccc2ccccc12)c1ccccc1. The van der Waals surface area contributed by atoms with Gasteiger partial charge in [-0.05, 0) is 41.5 Å². The minimum Gasteiger partial charge on any atom is -0.495 e. The fourth-order valence-corrected chi connectivity index (χ4v) is 3.59. The van der Waals surface area contributed by atoms with Crippen LogP contribution in [0.4, 0.5) is 5.69 Å². The van der Waals surface area contributed by atoms with Crippen LogP contribution in [-0.4, -0.2) is 19.0 Å². The van der Waals surface area contributed by atoms with Crippen LogP contribution in [0.1, 0.15) is 27.6 Å². The molecule has 0 heterocycles. The Kier molecular flexibility index (Phi) is 6.17. The lowest BCUT2D eigenvalue weighted by molar-refractivity contribution is -0.125. The van der Waals surface area contributed by atoms with Gasteiger partial charge in [0.2, 0.25) is 6.10 Å². The molecular weight excluding hydrogens is 402 g/mol. The van der Waals surface area contributed by atoms with Crippen molar-refractivity contribution in [1.29, 1.82) is 0 Å². The molecule has 0 unspecified atom stereocenters. The van der Waals surface area contributed by atoms with E-state index in [9.17, 15) is 9.59 Å². The molecule has 4 rings (SSSR count). The molecule has 32 heavy (non-hydrogen) atoms. The van der Waals surface area contributed by atoms with Gasteiger partial charge >= 0.3 is 5.97 Å². The quantitative estimate of drug-likeness (QED) is 0.403. The Bertz CT molecular complexity index is 1260. The Balaban J connectivity index is 1.66.